The summed E-state index contributed by atoms with van der Waals surface area (Å²) >= 11 is -0.137. The Kier molecular flexibility index (Phi) is 3.96. The Bertz CT molecular complexity index is 141. The van der Waals surface area contributed by atoms with E-state index in [2.05, 4.69) is 0 Å². The number of alkyl halides is 6. The van der Waals surface area contributed by atoms with Gasteiger partial charge in [-0.1, -0.05) is 0 Å². The molecular weight excluding hydrogens is 218 g/mol. The summed E-state index contributed by atoms with van der Waals surface area (Å²) in [6.45, 7) is 1.43. The number of hydrogen-bond acceptors (Lipinski definition) is 1. The quantitative estimate of drug-likeness (QED) is 0.648. The summed E-state index contributed by atoms with van der Waals surface area (Å²) in [4.78, 5) is 0. The molecule has 0 rings (SSSR count). The van der Waals surface area contributed by atoms with Crippen LogP contribution in [0.5, 0.6) is 0 Å². The van der Waals surface area contributed by atoms with Crippen molar-refractivity contribution in [2.45, 2.75) is 36.7 Å². The van der Waals surface area contributed by atoms with Gasteiger partial charge in [0.1, 0.15) is 0 Å². The van der Waals surface area contributed by atoms with Crippen LogP contribution < -0.4 is 0 Å². The Hall–Kier alpha value is -0.0700. The van der Waals surface area contributed by atoms with Crippen molar-refractivity contribution in [3.63, 3.8) is 0 Å². The molecule has 0 N–H and O–H groups in total. The van der Waals surface area contributed by atoms with Gasteiger partial charge in [0.2, 0.25) is 0 Å². The van der Waals surface area contributed by atoms with Gasteiger partial charge in [-0.25, -0.2) is 0 Å². The van der Waals surface area contributed by atoms with Crippen LogP contribution in [0.1, 0.15) is 13.8 Å². The topological polar surface area (TPSA) is 0 Å². The third kappa shape index (κ3) is 4.64. The number of thioether (sulfide) groups is 1. The summed E-state index contributed by atoms with van der Waals surface area (Å²) in [5, 5.41) is -3.99. The van der Waals surface area contributed by atoms with Gasteiger partial charge in [0.25, 0.3) is 0 Å². The Labute approximate surface area is 75.7 Å². The van der Waals surface area contributed by atoms with Crippen molar-refractivity contribution < 1.29 is 26.3 Å². The maximum Gasteiger partial charge on any atom is 0.400 e. The molecule has 2 unspecified atom stereocenters. The SMILES string of the molecule is CC(SC(C)C(F)(F)F)C(F)(F)F. The standard InChI is InChI=1S/C6H8F6S/c1-3(5(7,8)9)13-4(2)6(10,11)12/h3-4H,1-2H3. The molecule has 0 amide bonds. The molecule has 0 spiro atoms. The van der Waals surface area contributed by atoms with Crippen LogP contribution >= 0.6 is 11.8 Å². The zero-order valence-corrected chi connectivity index (χ0v) is 7.65. The van der Waals surface area contributed by atoms with Gasteiger partial charge in [-0.05, 0) is 13.8 Å². The highest BCUT2D eigenvalue weighted by Crippen LogP contribution is 2.38. The van der Waals surface area contributed by atoms with Crippen LogP contribution in [0.4, 0.5) is 26.3 Å². The molecule has 0 aromatic heterocycles. The average molecular weight is 226 g/mol. The Balaban J connectivity index is 4.15. The summed E-state index contributed by atoms with van der Waals surface area (Å²) in [7, 11) is 0. The summed E-state index contributed by atoms with van der Waals surface area (Å²) in [5.74, 6) is 0. The van der Waals surface area contributed by atoms with Crippen molar-refractivity contribution in [2.24, 2.45) is 0 Å². The minimum atomic E-state index is -4.58. The second-order valence-corrected chi connectivity index (χ2v) is 4.19. The third-order valence-electron chi connectivity index (χ3n) is 1.33. The summed E-state index contributed by atoms with van der Waals surface area (Å²) in [6.07, 6.45) is -9.16. The van der Waals surface area contributed by atoms with Gasteiger partial charge in [-0.15, -0.1) is 11.8 Å². The van der Waals surface area contributed by atoms with E-state index < -0.39 is 22.9 Å². The zero-order chi connectivity index (χ0) is 10.9. The lowest BCUT2D eigenvalue weighted by molar-refractivity contribution is -0.131. The van der Waals surface area contributed by atoms with Gasteiger partial charge in [-0.3, -0.25) is 0 Å². The van der Waals surface area contributed by atoms with Gasteiger partial charge in [-0.2, -0.15) is 26.3 Å². The predicted molar refractivity (Wildman–Crippen MR) is 38.6 cm³/mol. The minimum Gasteiger partial charge on any atom is -0.170 e. The highest BCUT2D eigenvalue weighted by molar-refractivity contribution is 8.00. The van der Waals surface area contributed by atoms with Crippen molar-refractivity contribution >= 4 is 11.8 Å². The lowest BCUT2D eigenvalue weighted by Gasteiger charge is -2.21. The van der Waals surface area contributed by atoms with Crippen LogP contribution in [-0.2, 0) is 0 Å². The van der Waals surface area contributed by atoms with Gasteiger partial charge in [0, 0.05) is 0 Å². The predicted octanol–water partition coefficient (Wildman–Crippen LogP) is 3.62. The number of hydrogen-bond donors (Lipinski definition) is 0. The lowest BCUT2D eigenvalue weighted by Crippen LogP contribution is -2.30. The van der Waals surface area contributed by atoms with Crippen LogP contribution in [0.3, 0.4) is 0 Å². The molecule has 0 fully saturated rings. The largest absolute Gasteiger partial charge is 0.400 e. The smallest absolute Gasteiger partial charge is 0.170 e. The normalized spacial score (nSPS) is 18.5. The van der Waals surface area contributed by atoms with E-state index in [1.165, 1.54) is 0 Å². The average Bonchev–Trinajstić information content (AvgIpc) is 1.82. The van der Waals surface area contributed by atoms with Crippen molar-refractivity contribution in [3.8, 4) is 0 Å². The van der Waals surface area contributed by atoms with E-state index in [-0.39, 0.29) is 11.8 Å². The molecule has 0 radical (unpaired) electrons. The number of rotatable bonds is 2. The molecule has 0 saturated heterocycles. The first kappa shape index (κ1) is 12.9. The van der Waals surface area contributed by atoms with E-state index in [9.17, 15) is 26.3 Å². The zero-order valence-electron chi connectivity index (χ0n) is 6.83. The second kappa shape index (κ2) is 3.98. The highest BCUT2D eigenvalue weighted by atomic mass is 32.2. The molecular formula is C6H8F6S. The maximum atomic E-state index is 11.8. The molecule has 0 aromatic carbocycles. The van der Waals surface area contributed by atoms with E-state index >= 15 is 0 Å². The monoisotopic (exact) mass is 226 g/mol. The second-order valence-electron chi connectivity index (χ2n) is 2.50. The lowest BCUT2D eigenvalue weighted by atomic mass is 10.5. The molecule has 13 heavy (non-hydrogen) atoms. The molecule has 0 bridgehead atoms. The molecule has 0 aromatic rings. The Morgan fingerprint density at radius 3 is 1.15 bits per heavy atom. The number of halogens is 6. The van der Waals surface area contributed by atoms with Gasteiger partial charge < -0.3 is 0 Å². The fourth-order valence-electron chi connectivity index (χ4n) is 0.460. The van der Waals surface area contributed by atoms with E-state index in [1.807, 2.05) is 0 Å². The van der Waals surface area contributed by atoms with Crippen molar-refractivity contribution in [3.05, 3.63) is 0 Å². The molecule has 0 saturated carbocycles. The summed E-state index contributed by atoms with van der Waals surface area (Å²) in [6, 6.07) is 0. The molecule has 0 aliphatic heterocycles. The summed E-state index contributed by atoms with van der Waals surface area (Å²) < 4.78 is 70.9. The van der Waals surface area contributed by atoms with Crippen molar-refractivity contribution in [1.82, 2.24) is 0 Å². The molecule has 0 aliphatic rings. The Morgan fingerprint density at radius 1 is 0.769 bits per heavy atom. The third-order valence-corrected chi connectivity index (χ3v) is 2.68. The van der Waals surface area contributed by atoms with E-state index in [1.54, 1.807) is 0 Å². The fourth-order valence-corrected chi connectivity index (χ4v) is 1.38. The van der Waals surface area contributed by atoms with E-state index in [4.69, 9.17) is 0 Å². The molecule has 0 nitrogen and oxygen atoms in total. The summed E-state index contributed by atoms with van der Waals surface area (Å²) in [5.41, 5.74) is 0. The van der Waals surface area contributed by atoms with Crippen LogP contribution in [-0.4, -0.2) is 22.9 Å². The van der Waals surface area contributed by atoms with Crippen molar-refractivity contribution in [2.75, 3.05) is 0 Å². The molecule has 0 aliphatic carbocycles. The molecule has 0 heterocycles. The minimum absolute atomic E-state index is 0.137. The van der Waals surface area contributed by atoms with Crippen LogP contribution in [0.25, 0.3) is 0 Å². The molecule has 80 valence electrons. The van der Waals surface area contributed by atoms with Gasteiger partial charge in [0.05, 0.1) is 10.5 Å². The van der Waals surface area contributed by atoms with Crippen molar-refractivity contribution in [1.29, 1.82) is 0 Å². The van der Waals surface area contributed by atoms with Crippen LogP contribution in [0.2, 0.25) is 0 Å². The van der Waals surface area contributed by atoms with Crippen LogP contribution in [0.15, 0.2) is 0 Å². The van der Waals surface area contributed by atoms with Crippen LogP contribution in [0, 0.1) is 0 Å². The first-order valence-corrected chi connectivity index (χ1v) is 4.28. The van der Waals surface area contributed by atoms with Gasteiger partial charge >= 0.3 is 12.4 Å². The first-order chi connectivity index (χ1) is 5.55. The molecule has 7 heteroatoms. The van der Waals surface area contributed by atoms with E-state index in [0.29, 0.717) is 13.8 Å². The first-order valence-electron chi connectivity index (χ1n) is 3.34. The van der Waals surface area contributed by atoms with Gasteiger partial charge in [0.15, 0.2) is 0 Å². The highest BCUT2D eigenvalue weighted by Gasteiger charge is 2.44. The maximum absolute atomic E-state index is 11.8. The Morgan fingerprint density at radius 2 is 1.00 bits per heavy atom. The molecule has 2 atom stereocenters. The fraction of sp³-hybridized carbons (Fsp3) is 1.00. The van der Waals surface area contributed by atoms with E-state index in [0.717, 1.165) is 0 Å².